The molecule has 0 heterocycles. The normalized spacial score (nSPS) is 32.6. The van der Waals surface area contributed by atoms with Crippen molar-refractivity contribution in [1.82, 2.24) is 0 Å². The van der Waals surface area contributed by atoms with E-state index in [0.29, 0.717) is 0 Å². The van der Waals surface area contributed by atoms with Gasteiger partial charge in [0, 0.05) is 17.8 Å². The predicted octanol–water partition coefficient (Wildman–Crippen LogP) is 2.32. The van der Waals surface area contributed by atoms with E-state index < -0.39 is 34.5 Å². The summed E-state index contributed by atoms with van der Waals surface area (Å²) in [6.07, 6.45) is 3.41. The van der Waals surface area contributed by atoms with Gasteiger partial charge in [0.25, 0.3) is 0 Å². The summed E-state index contributed by atoms with van der Waals surface area (Å²) < 4.78 is 0. The number of hydrogen-bond acceptors (Lipinski definition) is 5. The van der Waals surface area contributed by atoms with Crippen molar-refractivity contribution in [2.45, 2.75) is 11.8 Å². The van der Waals surface area contributed by atoms with E-state index in [-0.39, 0.29) is 5.78 Å². The topological polar surface area (TPSA) is 112 Å². The van der Waals surface area contributed by atoms with Crippen molar-refractivity contribution in [2.24, 2.45) is 22.7 Å². The third-order valence-electron chi connectivity index (χ3n) is 5.85. The van der Waals surface area contributed by atoms with Crippen LogP contribution < -0.4 is 0 Å². The van der Waals surface area contributed by atoms with Crippen LogP contribution in [0, 0.1) is 68.0 Å². The lowest BCUT2D eigenvalue weighted by molar-refractivity contribution is -0.125. The van der Waals surface area contributed by atoms with Gasteiger partial charge in [0.2, 0.25) is 0 Å². The number of allylic oxidation sites excluding steroid dienone is 2. The highest BCUT2D eigenvalue weighted by atomic mass is 16.1. The van der Waals surface area contributed by atoms with Crippen molar-refractivity contribution in [1.29, 1.82) is 21.0 Å². The Balaban J connectivity index is 2.18. The molecular weight excluding hydrogens is 300 g/mol. The van der Waals surface area contributed by atoms with Gasteiger partial charge in [-0.15, -0.1) is 0 Å². The highest BCUT2D eigenvalue weighted by Crippen LogP contribution is 2.69. The number of carbonyl (C=O) groups excluding carboxylic acids is 1. The fourth-order valence-electron chi connectivity index (χ4n) is 4.84. The lowest BCUT2D eigenvalue weighted by Crippen LogP contribution is -2.39. The zero-order valence-corrected chi connectivity index (χ0v) is 12.5. The Bertz CT molecular complexity index is 950. The number of hydrogen-bond donors (Lipinski definition) is 0. The quantitative estimate of drug-likeness (QED) is 0.682. The van der Waals surface area contributed by atoms with Gasteiger partial charge in [-0.05, 0) is 11.1 Å². The molecule has 4 atom stereocenters. The first-order valence-electron chi connectivity index (χ1n) is 7.57. The lowest BCUT2D eigenvalue weighted by Gasteiger charge is -2.37. The van der Waals surface area contributed by atoms with Crippen molar-refractivity contribution >= 4 is 5.78 Å². The minimum Gasteiger partial charge on any atom is -0.298 e. The van der Waals surface area contributed by atoms with Gasteiger partial charge in [-0.25, -0.2) is 0 Å². The van der Waals surface area contributed by atoms with Gasteiger partial charge in [-0.2, -0.15) is 21.0 Å². The average molecular weight is 310 g/mol. The molecule has 0 unspecified atom stereocenters. The Morgan fingerprint density at radius 1 is 0.833 bits per heavy atom. The zero-order valence-electron chi connectivity index (χ0n) is 12.5. The number of rotatable bonds is 0. The van der Waals surface area contributed by atoms with Crippen LogP contribution in [0.5, 0.6) is 0 Å². The molecule has 0 N–H and O–H groups in total. The third kappa shape index (κ3) is 1.19. The molecule has 3 aliphatic carbocycles. The maximum atomic E-state index is 13.0. The average Bonchev–Trinajstić information content (AvgIpc) is 2.90. The van der Waals surface area contributed by atoms with Crippen LogP contribution in [0.15, 0.2) is 36.4 Å². The molecule has 3 aliphatic rings. The fourth-order valence-corrected chi connectivity index (χ4v) is 4.84. The predicted molar refractivity (Wildman–Crippen MR) is 80.4 cm³/mol. The van der Waals surface area contributed by atoms with E-state index in [4.69, 9.17) is 0 Å². The number of Topliss-reactive ketones (excluding diaryl/α,β-unsaturated/α-hetero) is 1. The summed E-state index contributed by atoms with van der Waals surface area (Å²) in [7, 11) is 0. The van der Waals surface area contributed by atoms with E-state index in [1.807, 2.05) is 36.4 Å². The molecule has 1 aromatic carbocycles. The molecule has 5 heteroatoms. The van der Waals surface area contributed by atoms with Crippen LogP contribution in [0.1, 0.15) is 23.0 Å². The van der Waals surface area contributed by atoms with Gasteiger partial charge in [0.15, 0.2) is 10.8 Å². The Morgan fingerprint density at radius 3 is 2.00 bits per heavy atom. The van der Waals surface area contributed by atoms with E-state index in [1.165, 1.54) is 0 Å². The molecule has 2 bridgehead atoms. The Labute approximate surface area is 138 Å². The summed E-state index contributed by atoms with van der Waals surface area (Å²) in [5.74, 6) is -2.72. The van der Waals surface area contributed by atoms with Crippen molar-refractivity contribution < 1.29 is 4.79 Å². The maximum absolute atomic E-state index is 13.0. The largest absolute Gasteiger partial charge is 0.298 e. The molecule has 0 spiro atoms. The van der Waals surface area contributed by atoms with Crippen LogP contribution in [0.4, 0.5) is 0 Å². The summed E-state index contributed by atoms with van der Waals surface area (Å²) >= 11 is 0. The van der Waals surface area contributed by atoms with E-state index in [1.54, 1.807) is 24.3 Å². The SMILES string of the molecule is N#CC1(C#N)[C@@H]2C=C[C@H]3C(=O)[C@H]2[C@@H](c2ccccc23)C1(C#N)C#N. The summed E-state index contributed by atoms with van der Waals surface area (Å²) in [6.45, 7) is 0. The molecule has 112 valence electrons. The maximum Gasteiger partial charge on any atom is 0.183 e. The lowest BCUT2D eigenvalue weighted by atomic mass is 9.60. The molecule has 0 saturated heterocycles. The third-order valence-corrected chi connectivity index (χ3v) is 5.85. The molecule has 4 rings (SSSR count). The number of carbonyl (C=O) groups is 1. The first-order valence-corrected chi connectivity index (χ1v) is 7.57. The smallest absolute Gasteiger partial charge is 0.183 e. The van der Waals surface area contributed by atoms with Crippen molar-refractivity contribution in [3.05, 3.63) is 47.5 Å². The van der Waals surface area contributed by atoms with Crippen molar-refractivity contribution in [3.63, 3.8) is 0 Å². The summed E-state index contributed by atoms with van der Waals surface area (Å²) in [4.78, 5) is 13.0. The van der Waals surface area contributed by atoms with Crippen LogP contribution in [0.2, 0.25) is 0 Å². The minimum atomic E-state index is -1.88. The van der Waals surface area contributed by atoms with Crippen molar-refractivity contribution in [3.8, 4) is 24.3 Å². The van der Waals surface area contributed by atoms with Gasteiger partial charge < -0.3 is 0 Å². The second kappa shape index (κ2) is 4.32. The van der Waals surface area contributed by atoms with Gasteiger partial charge in [0.1, 0.15) is 5.78 Å². The van der Waals surface area contributed by atoms with Crippen LogP contribution in [0.3, 0.4) is 0 Å². The van der Waals surface area contributed by atoms with Crippen LogP contribution in [-0.2, 0) is 4.79 Å². The van der Waals surface area contributed by atoms with Gasteiger partial charge in [-0.1, -0.05) is 36.4 Å². The first kappa shape index (κ1) is 14.2. The Hall–Kier alpha value is -3.41. The Morgan fingerprint density at radius 2 is 1.42 bits per heavy atom. The zero-order chi connectivity index (χ0) is 17.1. The molecular formula is C19H10N4O. The molecule has 0 amide bonds. The Kier molecular flexibility index (Phi) is 2.56. The number of fused-ring (bicyclic) bond motifs is 4. The highest BCUT2D eigenvalue weighted by Gasteiger charge is 2.75. The van der Waals surface area contributed by atoms with E-state index >= 15 is 0 Å². The van der Waals surface area contributed by atoms with Gasteiger partial charge >= 0.3 is 0 Å². The molecule has 0 aromatic heterocycles. The summed E-state index contributed by atoms with van der Waals surface area (Å²) in [6, 6.07) is 15.1. The summed E-state index contributed by atoms with van der Waals surface area (Å²) in [5, 5.41) is 39.4. The molecule has 5 nitrogen and oxygen atoms in total. The second-order valence-corrected chi connectivity index (χ2v) is 6.49. The number of ketones is 1. The second-order valence-electron chi connectivity index (χ2n) is 6.49. The number of nitrogens with zero attached hydrogens (tertiary/aromatic N) is 4. The monoisotopic (exact) mass is 310 g/mol. The van der Waals surface area contributed by atoms with Crippen molar-refractivity contribution in [2.75, 3.05) is 0 Å². The van der Waals surface area contributed by atoms with E-state index in [0.717, 1.165) is 11.1 Å². The molecule has 1 saturated carbocycles. The molecule has 24 heavy (non-hydrogen) atoms. The minimum absolute atomic E-state index is 0.103. The standard InChI is InChI=1S/C19H10N4O/c20-7-18(8-21)14-6-5-13-11-3-1-2-4-12(11)16(15(14)17(13)24)19(18,9-22)10-23/h1-6,13-16H/t13-,14-,15-,16-/m1/s1. The van der Waals surface area contributed by atoms with Crippen LogP contribution in [0.25, 0.3) is 0 Å². The van der Waals surface area contributed by atoms with Crippen LogP contribution >= 0.6 is 0 Å². The first-order chi connectivity index (χ1) is 11.6. The van der Waals surface area contributed by atoms with E-state index in [2.05, 4.69) is 0 Å². The summed E-state index contributed by atoms with van der Waals surface area (Å²) in [5.41, 5.74) is -2.24. The van der Waals surface area contributed by atoms with Crippen LogP contribution in [-0.4, -0.2) is 5.78 Å². The van der Waals surface area contributed by atoms with Gasteiger partial charge in [-0.3, -0.25) is 4.79 Å². The molecule has 1 aromatic rings. The fraction of sp³-hybridized carbons (Fsp3) is 0.316. The molecule has 0 radical (unpaired) electrons. The molecule has 1 fully saturated rings. The highest BCUT2D eigenvalue weighted by molar-refractivity contribution is 5.96. The van der Waals surface area contributed by atoms with Gasteiger partial charge in [0.05, 0.1) is 30.2 Å². The number of benzene rings is 1. The molecule has 0 aliphatic heterocycles. The van der Waals surface area contributed by atoms with E-state index in [9.17, 15) is 25.8 Å². The number of nitriles is 4.